The van der Waals surface area contributed by atoms with Crippen LogP contribution in [0.3, 0.4) is 0 Å². The first-order valence-electron chi connectivity index (χ1n) is 9.23. The standard InChI is InChI=1S/C21H29N3O3S/c1-7-24(12-16-8-10-17(11-9-16)23(4)5)13-18(25)22-20-19(21(26)27-6)14(2)15(3)28-20/h8-11H,7,12-13H2,1-6H3,(H,22,25). The summed E-state index contributed by atoms with van der Waals surface area (Å²) in [5.41, 5.74) is 3.59. The van der Waals surface area contributed by atoms with Crippen molar-refractivity contribution in [1.29, 1.82) is 0 Å². The van der Waals surface area contributed by atoms with Crippen molar-refractivity contribution >= 4 is 33.9 Å². The molecule has 152 valence electrons. The van der Waals surface area contributed by atoms with Crippen molar-refractivity contribution in [2.75, 3.05) is 44.5 Å². The zero-order valence-electron chi connectivity index (χ0n) is 17.5. The third kappa shape index (κ3) is 5.33. The molecule has 0 spiro atoms. The first kappa shape index (κ1) is 21.9. The Morgan fingerprint density at radius 3 is 2.32 bits per heavy atom. The Balaban J connectivity index is 2.05. The molecule has 0 bridgehead atoms. The van der Waals surface area contributed by atoms with Crippen LogP contribution in [0.4, 0.5) is 10.7 Å². The number of carbonyl (C=O) groups is 2. The lowest BCUT2D eigenvalue weighted by Gasteiger charge is -2.20. The van der Waals surface area contributed by atoms with Crippen LogP contribution in [0, 0.1) is 13.8 Å². The summed E-state index contributed by atoms with van der Waals surface area (Å²) in [6.07, 6.45) is 0. The molecule has 0 saturated carbocycles. The van der Waals surface area contributed by atoms with Gasteiger partial charge in [0.1, 0.15) is 5.00 Å². The molecule has 0 unspecified atom stereocenters. The molecule has 1 heterocycles. The Morgan fingerprint density at radius 1 is 1.14 bits per heavy atom. The summed E-state index contributed by atoms with van der Waals surface area (Å²) in [6.45, 7) is 7.50. The molecular formula is C21H29N3O3S. The van der Waals surface area contributed by atoms with Crippen LogP contribution in [0.2, 0.25) is 0 Å². The highest BCUT2D eigenvalue weighted by Crippen LogP contribution is 2.32. The van der Waals surface area contributed by atoms with Crippen molar-refractivity contribution in [3.63, 3.8) is 0 Å². The van der Waals surface area contributed by atoms with Gasteiger partial charge in [-0.1, -0.05) is 19.1 Å². The molecule has 0 aliphatic carbocycles. The predicted molar refractivity (Wildman–Crippen MR) is 115 cm³/mol. The number of nitrogens with zero attached hydrogens (tertiary/aromatic N) is 2. The minimum absolute atomic E-state index is 0.141. The molecule has 0 saturated heterocycles. The maximum atomic E-state index is 12.6. The second kappa shape index (κ2) is 9.71. The highest BCUT2D eigenvalue weighted by atomic mass is 32.1. The molecule has 1 amide bonds. The monoisotopic (exact) mass is 403 g/mol. The minimum Gasteiger partial charge on any atom is -0.465 e. The number of carbonyl (C=O) groups excluding carboxylic acids is 2. The summed E-state index contributed by atoms with van der Waals surface area (Å²) in [4.78, 5) is 29.8. The Kier molecular flexibility index (Phi) is 7.60. The molecule has 1 aromatic heterocycles. The van der Waals surface area contributed by atoms with Crippen molar-refractivity contribution < 1.29 is 14.3 Å². The van der Waals surface area contributed by atoms with Gasteiger partial charge in [0.05, 0.1) is 19.2 Å². The SMILES string of the molecule is CCN(CC(=O)Nc1sc(C)c(C)c1C(=O)OC)Cc1ccc(N(C)C)cc1. The molecule has 28 heavy (non-hydrogen) atoms. The number of ether oxygens (including phenoxy) is 1. The van der Waals surface area contributed by atoms with Gasteiger partial charge in [0.2, 0.25) is 5.91 Å². The summed E-state index contributed by atoms with van der Waals surface area (Å²) in [5, 5.41) is 3.45. The second-order valence-corrected chi connectivity index (χ2v) is 8.12. The molecule has 0 atom stereocenters. The molecule has 7 heteroatoms. The first-order valence-corrected chi connectivity index (χ1v) is 10.0. The van der Waals surface area contributed by atoms with E-state index in [-0.39, 0.29) is 12.5 Å². The average molecular weight is 404 g/mol. The fourth-order valence-corrected chi connectivity index (χ4v) is 3.93. The van der Waals surface area contributed by atoms with Gasteiger partial charge in [-0.05, 0) is 43.7 Å². The Morgan fingerprint density at radius 2 is 1.79 bits per heavy atom. The van der Waals surface area contributed by atoms with Crippen molar-refractivity contribution in [3.05, 3.63) is 45.8 Å². The number of aryl methyl sites for hydroxylation is 1. The summed E-state index contributed by atoms with van der Waals surface area (Å²) in [7, 11) is 5.36. The van der Waals surface area contributed by atoms with E-state index in [9.17, 15) is 9.59 Å². The van der Waals surface area contributed by atoms with Crippen molar-refractivity contribution in [2.45, 2.75) is 27.3 Å². The summed E-state index contributed by atoms with van der Waals surface area (Å²) in [5.74, 6) is -0.566. The Labute approximate surface area is 171 Å². The van der Waals surface area contributed by atoms with Crippen LogP contribution in [0.25, 0.3) is 0 Å². The van der Waals surface area contributed by atoms with Crippen LogP contribution in [-0.4, -0.2) is 51.1 Å². The molecule has 0 fully saturated rings. The first-order chi connectivity index (χ1) is 13.3. The zero-order chi connectivity index (χ0) is 20.8. The molecule has 1 N–H and O–H groups in total. The summed E-state index contributed by atoms with van der Waals surface area (Å²) >= 11 is 1.40. The number of benzene rings is 1. The number of likely N-dealkylation sites (N-methyl/N-ethyl adjacent to an activating group) is 1. The van der Waals surface area contributed by atoms with Gasteiger partial charge < -0.3 is 15.0 Å². The molecule has 6 nitrogen and oxygen atoms in total. The molecular weight excluding hydrogens is 374 g/mol. The van der Waals surface area contributed by atoms with Gasteiger partial charge in [-0.2, -0.15) is 0 Å². The number of thiophene rings is 1. The lowest BCUT2D eigenvalue weighted by Crippen LogP contribution is -2.32. The van der Waals surface area contributed by atoms with Crippen molar-refractivity contribution in [1.82, 2.24) is 4.90 Å². The van der Waals surface area contributed by atoms with Gasteiger partial charge in [-0.3, -0.25) is 9.69 Å². The lowest BCUT2D eigenvalue weighted by molar-refractivity contribution is -0.117. The Bertz CT molecular complexity index is 828. The highest BCUT2D eigenvalue weighted by Gasteiger charge is 2.22. The van der Waals surface area contributed by atoms with E-state index in [1.54, 1.807) is 0 Å². The Hall–Kier alpha value is -2.38. The quantitative estimate of drug-likeness (QED) is 0.682. The number of methoxy groups -OCH3 is 1. The minimum atomic E-state index is -0.425. The fraction of sp³-hybridized carbons (Fsp3) is 0.429. The molecule has 0 aliphatic heterocycles. The van der Waals surface area contributed by atoms with Gasteiger partial charge in [-0.15, -0.1) is 11.3 Å². The van der Waals surface area contributed by atoms with Gasteiger partial charge in [0.25, 0.3) is 0 Å². The number of esters is 1. The van der Waals surface area contributed by atoms with E-state index in [1.165, 1.54) is 18.4 Å². The van der Waals surface area contributed by atoms with E-state index < -0.39 is 5.97 Å². The number of nitrogens with one attached hydrogen (secondary N) is 1. The van der Waals surface area contributed by atoms with E-state index in [0.29, 0.717) is 17.1 Å². The lowest BCUT2D eigenvalue weighted by atomic mass is 10.1. The van der Waals surface area contributed by atoms with Crippen LogP contribution in [0.15, 0.2) is 24.3 Å². The molecule has 0 aliphatic rings. The maximum absolute atomic E-state index is 12.6. The number of amides is 1. The zero-order valence-corrected chi connectivity index (χ0v) is 18.3. The molecule has 1 aromatic carbocycles. The summed E-state index contributed by atoms with van der Waals surface area (Å²) < 4.78 is 4.86. The van der Waals surface area contributed by atoms with Crippen molar-refractivity contribution in [2.24, 2.45) is 0 Å². The maximum Gasteiger partial charge on any atom is 0.341 e. The summed E-state index contributed by atoms with van der Waals surface area (Å²) in [6, 6.07) is 8.31. The van der Waals surface area contributed by atoms with Crippen LogP contribution in [0.1, 0.15) is 33.3 Å². The van der Waals surface area contributed by atoms with E-state index >= 15 is 0 Å². The normalized spacial score (nSPS) is 10.8. The topological polar surface area (TPSA) is 61.9 Å². The highest BCUT2D eigenvalue weighted by molar-refractivity contribution is 7.16. The van der Waals surface area contributed by atoms with Crippen LogP contribution in [0.5, 0.6) is 0 Å². The van der Waals surface area contributed by atoms with Gasteiger partial charge >= 0.3 is 5.97 Å². The molecule has 0 radical (unpaired) electrons. The van der Waals surface area contributed by atoms with E-state index in [4.69, 9.17) is 4.74 Å². The van der Waals surface area contributed by atoms with Crippen LogP contribution >= 0.6 is 11.3 Å². The van der Waals surface area contributed by atoms with E-state index in [0.717, 1.165) is 28.2 Å². The third-order valence-corrected chi connectivity index (χ3v) is 5.82. The van der Waals surface area contributed by atoms with Crippen LogP contribution < -0.4 is 10.2 Å². The molecule has 2 aromatic rings. The van der Waals surface area contributed by atoms with Gasteiger partial charge in [-0.25, -0.2) is 4.79 Å². The van der Waals surface area contributed by atoms with Crippen LogP contribution in [-0.2, 0) is 16.1 Å². The number of anilines is 2. The largest absolute Gasteiger partial charge is 0.465 e. The van der Waals surface area contributed by atoms with Gasteiger partial charge in [0, 0.05) is 31.2 Å². The smallest absolute Gasteiger partial charge is 0.341 e. The third-order valence-electron chi connectivity index (χ3n) is 4.70. The second-order valence-electron chi connectivity index (χ2n) is 6.89. The average Bonchev–Trinajstić information content (AvgIpc) is 2.94. The van der Waals surface area contributed by atoms with E-state index in [2.05, 4.69) is 39.4 Å². The predicted octanol–water partition coefficient (Wildman–Crippen LogP) is 3.68. The number of hydrogen-bond acceptors (Lipinski definition) is 6. The number of hydrogen-bond donors (Lipinski definition) is 1. The number of rotatable bonds is 8. The van der Waals surface area contributed by atoms with Crippen molar-refractivity contribution in [3.8, 4) is 0 Å². The fourth-order valence-electron chi connectivity index (χ4n) is 2.87. The van der Waals surface area contributed by atoms with E-state index in [1.807, 2.05) is 34.9 Å². The molecule has 2 rings (SSSR count). The van der Waals surface area contributed by atoms with Gasteiger partial charge in [0.15, 0.2) is 0 Å².